The second-order valence-electron chi connectivity index (χ2n) is 6.19. The van der Waals surface area contributed by atoms with Gasteiger partial charge in [-0.3, -0.25) is 4.98 Å². The molecule has 0 N–H and O–H groups in total. The fourth-order valence-electron chi connectivity index (χ4n) is 2.18. The maximum Gasteiger partial charge on any atom is 0.410 e. The maximum absolute atomic E-state index is 12.1. The second kappa shape index (κ2) is 6.16. The molecule has 1 aliphatic heterocycles. The van der Waals surface area contributed by atoms with Crippen molar-refractivity contribution < 1.29 is 9.53 Å². The van der Waals surface area contributed by atoms with E-state index < -0.39 is 5.60 Å². The van der Waals surface area contributed by atoms with Gasteiger partial charge in [-0.15, -0.1) is 0 Å². The van der Waals surface area contributed by atoms with Crippen LogP contribution in [0.1, 0.15) is 27.2 Å². The number of carbonyl (C=O) groups excluding carboxylic acids is 1. The highest BCUT2D eigenvalue weighted by atomic mass is 16.6. The molecule has 2 rings (SSSR count). The number of hydrogen-bond acceptors (Lipinski definition) is 4. The summed E-state index contributed by atoms with van der Waals surface area (Å²) in [5, 5.41) is 0. The molecule has 1 unspecified atom stereocenters. The molecule has 1 atom stereocenters. The van der Waals surface area contributed by atoms with E-state index in [-0.39, 0.29) is 12.1 Å². The van der Waals surface area contributed by atoms with Gasteiger partial charge in [0.25, 0.3) is 0 Å². The van der Waals surface area contributed by atoms with Gasteiger partial charge < -0.3 is 14.5 Å². The Kier molecular flexibility index (Phi) is 4.50. The predicted octanol–water partition coefficient (Wildman–Crippen LogP) is 3.04. The Balaban J connectivity index is 1.97. The van der Waals surface area contributed by atoms with Crippen molar-refractivity contribution in [1.29, 1.82) is 0 Å². The van der Waals surface area contributed by atoms with Gasteiger partial charge >= 0.3 is 6.09 Å². The third-order valence-electron chi connectivity index (χ3n) is 3.31. The number of anilines is 1. The van der Waals surface area contributed by atoms with Gasteiger partial charge in [-0.25, -0.2) is 4.79 Å². The molecular weight excluding hydrogens is 266 g/mol. The second-order valence-corrected chi connectivity index (χ2v) is 6.19. The highest BCUT2D eigenvalue weighted by Crippen LogP contribution is 2.20. The SMILES string of the molecule is CN(C(=O)OC(C)(C)C)C1C=CN(c2cccnc2)CC1. The van der Waals surface area contributed by atoms with Crippen LogP contribution in [0.5, 0.6) is 0 Å². The number of nitrogens with zero attached hydrogens (tertiary/aromatic N) is 3. The molecule has 114 valence electrons. The first kappa shape index (κ1) is 15.4. The Hall–Kier alpha value is -2.04. The standard InChI is InChI=1S/C16H23N3O2/c1-16(2,3)21-15(20)18(4)13-7-10-19(11-8-13)14-6-5-9-17-12-14/h5-7,9-10,12-13H,8,11H2,1-4H3. The largest absolute Gasteiger partial charge is 0.444 e. The van der Waals surface area contributed by atoms with Crippen LogP contribution in [0, 0.1) is 0 Å². The topological polar surface area (TPSA) is 45.7 Å². The Bertz CT molecular complexity index is 508. The van der Waals surface area contributed by atoms with Crippen molar-refractivity contribution >= 4 is 11.8 Å². The summed E-state index contributed by atoms with van der Waals surface area (Å²) in [7, 11) is 1.78. The van der Waals surface area contributed by atoms with Gasteiger partial charge in [-0.2, -0.15) is 0 Å². The van der Waals surface area contributed by atoms with Gasteiger partial charge in [0.05, 0.1) is 17.9 Å². The molecule has 0 saturated heterocycles. The van der Waals surface area contributed by atoms with E-state index in [1.54, 1.807) is 18.1 Å². The predicted molar refractivity (Wildman–Crippen MR) is 83.1 cm³/mol. The Morgan fingerprint density at radius 3 is 2.76 bits per heavy atom. The summed E-state index contributed by atoms with van der Waals surface area (Å²) in [5.74, 6) is 0. The molecule has 1 amide bonds. The summed E-state index contributed by atoms with van der Waals surface area (Å²) < 4.78 is 5.39. The third-order valence-corrected chi connectivity index (χ3v) is 3.31. The molecule has 0 aliphatic carbocycles. The van der Waals surface area contributed by atoms with Gasteiger partial charge in [-0.1, -0.05) is 0 Å². The lowest BCUT2D eigenvalue weighted by Gasteiger charge is -2.33. The fraction of sp³-hybridized carbons (Fsp3) is 0.500. The molecule has 2 heterocycles. The summed E-state index contributed by atoms with van der Waals surface area (Å²) in [6.45, 7) is 6.47. The van der Waals surface area contributed by atoms with Crippen molar-refractivity contribution in [2.24, 2.45) is 0 Å². The summed E-state index contributed by atoms with van der Waals surface area (Å²) >= 11 is 0. The first-order valence-electron chi connectivity index (χ1n) is 7.17. The zero-order valence-corrected chi connectivity index (χ0v) is 13.1. The zero-order chi connectivity index (χ0) is 15.5. The van der Waals surface area contributed by atoms with E-state index in [2.05, 4.69) is 9.88 Å². The molecule has 1 aromatic heterocycles. The minimum absolute atomic E-state index is 0.0628. The normalized spacial score (nSPS) is 18.5. The number of ether oxygens (including phenoxy) is 1. The fourth-order valence-corrected chi connectivity index (χ4v) is 2.18. The van der Waals surface area contributed by atoms with Crippen molar-refractivity contribution in [3.8, 4) is 0 Å². The van der Waals surface area contributed by atoms with Crippen molar-refractivity contribution in [3.63, 3.8) is 0 Å². The van der Waals surface area contributed by atoms with E-state index in [1.165, 1.54) is 0 Å². The Morgan fingerprint density at radius 1 is 1.48 bits per heavy atom. The van der Waals surface area contributed by atoms with Gasteiger partial charge in [-0.05, 0) is 45.4 Å². The number of aromatic nitrogens is 1. The van der Waals surface area contributed by atoms with Crippen LogP contribution < -0.4 is 4.90 Å². The molecule has 21 heavy (non-hydrogen) atoms. The lowest BCUT2D eigenvalue weighted by Crippen LogP contribution is -2.43. The van der Waals surface area contributed by atoms with Crippen molar-refractivity contribution in [2.45, 2.75) is 38.8 Å². The molecular formula is C16H23N3O2. The maximum atomic E-state index is 12.1. The molecule has 1 aromatic rings. The van der Waals surface area contributed by atoms with Crippen molar-refractivity contribution in [2.75, 3.05) is 18.5 Å². The van der Waals surface area contributed by atoms with Crippen LogP contribution in [-0.4, -0.2) is 41.2 Å². The van der Waals surface area contributed by atoms with Gasteiger partial charge in [0.15, 0.2) is 0 Å². The molecule has 0 saturated carbocycles. The van der Waals surface area contributed by atoms with Crippen LogP contribution in [0.15, 0.2) is 36.8 Å². The van der Waals surface area contributed by atoms with Gasteiger partial charge in [0, 0.05) is 26.0 Å². The van der Waals surface area contributed by atoms with E-state index >= 15 is 0 Å². The average Bonchev–Trinajstić information content (AvgIpc) is 2.46. The first-order valence-corrected chi connectivity index (χ1v) is 7.17. The van der Waals surface area contributed by atoms with Gasteiger partial charge in [0.1, 0.15) is 5.60 Å². The van der Waals surface area contributed by atoms with Gasteiger partial charge in [0.2, 0.25) is 0 Å². The number of likely N-dealkylation sites (N-methyl/N-ethyl adjacent to an activating group) is 1. The van der Waals surface area contributed by atoms with E-state index in [0.717, 1.165) is 18.7 Å². The van der Waals surface area contributed by atoms with Crippen molar-refractivity contribution in [3.05, 3.63) is 36.8 Å². The highest BCUT2D eigenvalue weighted by Gasteiger charge is 2.26. The number of hydrogen-bond donors (Lipinski definition) is 0. The molecule has 0 fully saturated rings. The average molecular weight is 289 g/mol. The molecule has 0 aromatic carbocycles. The molecule has 1 aliphatic rings. The van der Waals surface area contributed by atoms with Crippen LogP contribution >= 0.6 is 0 Å². The van der Waals surface area contributed by atoms with Crippen LogP contribution in [-0.2, 0) is 4.74 Å². The Labute approximate surface area is 126 Å². The van der Waals surface area contributed by atoms with Crippen LogP contribution in [0.2, 0.25) is 0 Å². The molecule has 0 bridgehead atoms. The first-order chi connectivity index (χ1) is 9.87. The van der Waals surface area contributed by atoms with E-state index in [0.29, 0.717) is 0 Å². The summed E-state index contributed by atoms with van der Waals surface area (Å²) in [6, 6.07) is 4.00. The number of pyridine rings is 1. The Morgan fingerprint density at radius 2 is 2.24 bits per heavy atom. The summed E-state index contributed by atoms with van der Waals surface area (Å²) in [4.78, 5) is 20.0. The van der Waals surface area contributed by atoms with Crippen LogP contribution in [0.3, 0.4) is 0 Å². The summed E-state index contributed by atoms with van der Waals surface area (Å²) in [5.41, 5.74) is 0.595. The van der Waals surface area contributed by atoms with E-state index in [4.69, 9.17) is 4.74 Å². The number of carbonyl (C=O) groups is 1. The minimum Gasteiger partial charge on any atom is -0.444 e. The molecule has 5 heteroatoms. The number of amides is 1. The number of rotatable bonds is 2. The highest BCUT2D eigenvalue weighted by molar-refractivity contribution is 5.68. The quantitative estimate of drug-likeness (QED) is 0.839. The molecule has 5 nitrogen and oxygen atoms in total. The molecule has 0 spiro atoms. The minimum atomic E-state index is -0.467. The zero-order valence-electron chi connectivity index (χ0n) is 13.1. The van der Waals surface area contributed by atoms with E-state index in [1.807, 2.05) is 51.4 Å². The van der Waals surface area contributed by atoms with Crippen molar-refractivity contribution in [1.82, 2.24) is 9.88 Å². The lowest BCUT2D eigenvalue weighted by atomic mass is 10.1. The van der Waals surface area contributed by atoms with E-state index in [9.17, 15) is 4.79 Å². The summed E-state index contributed by atoms with van der Waals surface area (Å²) in [6.07, 6.45) is 8.21. The third kappa shape index (κ3) is 4.21. The van der Waals surface area contributed by atoms with Crippen LogP contribution in [0.4, 0.5) is 10.5 Å². The monoisotopic (exact) mass is 289 g/mol. The smallest absolute Gasteiger partial charge is 0.410 e. The van der Waals surface area contributed by atoms with Crippen LogP contribution in [0.25, 0.3) is 0 Å². The lowest BCUT2D eigenvalue weighted by molar-refractivity contribution is 0.0249. The molecule has 0 radical (unpaired) electrons.